The number of carbonyl (C=O) groups excluding carboxylic acids is 1. The van der Waals surface area contributed by atoms with E-state index in [9.17, 15) is 14.9 Å². The van der Waals surface area contributed by atoms with E-state index < -0.39 is 16.5 Å². The lowest BCUT2D eigenvalue weighted by Gasteiger charge is -2.12. The molecule has 0 spiro atoms. The minimum atomic E-state index is -0.676. The largest absolute Gasteiger partial charge is 0.470 e. The summed E-state index contributed by atoms with van der Waals surface area (Å²) in [6.45, 7) is 3.43. The molecule has 0 bridgehead atoms. The molecule has 0 fully saturated rings. The Morgan fingerprint density at radius 2 is 2.04 bits per heavy atom. The second-order valence-corrected chi connectivity index (χ2v) is 5.71. The summed E-state index contributed by atoms with van der Waals surface area (Å²) in [5.74, 6) is -0.838. The number of hydrogen-bond donors (Lipinski definition) is 2. The molecule has 2 rings (SSSR count). The number of rotatable bonds is 6. The van der Waals surface area contributed by atoms with E-state index in [1.165, 1.54) is 0 Å². The Hall–Kier alpha value is -2.75. The van der Waals surface area contributed by atoms with Crippen LogP contribution in [0.2, 0.25) is 0 Å². The summed E-state index contributed by atoms with van der Waals surface area (Å²) in [4.78, 5) is 30.3. The van der Waals surface area contributed by atoms with Crippen molar-refractivity contribution in [1.29, 1.82) is 0 Å². The van der Waals surface area contributed by atoms with Gasteiger partial charge in [-0.2, -0.15) is 4.98 Å². The minimum absolute atomic E-state index is 0.175. The minimum Gasteiger partial charge on any atom is -0.470 e. The first-order valence-electron chi connectivity index (χ1n) is 6.87. The molecule has 0 aliphatic carbocycles. The highest BCUT2D eigenvalue weighted by molar-refractivity contribution is 9.10. The Morgan fingerprint density at radius 1 is 1.33 bits per heavy atom. The molecule has 0 aliphatic heterocycles. The van der Waals surface area contributed by atoms with Gasteiger partial charge in [-0.05, 0) is 41.9 Å². The zero-order chi connectivity index (χ0) is 17.7. The number of hydrazine groups is 1. The first kappa shape index (κ1) is 17.6. The molecule has 0 saturated carbocycles. The van der Waals surface area contributed by atoms with Crippen LogP contribution in [-0.2, 0) is 0 Å². The third-order valence-corrected chi connectivity index (χ3v) is 3.42. The number of hydrogen-bond acceptors (Lipinski definition) is 7. The van der Waals surface area contributed by atoms with Gasteiger partial charge < -0.3 is 4.74 Å². The molecule has 126 valence electrons. The molecule has 0 unspecified atom stereocenters. The summed E-state index contributed by atoms with van der Waals surface area (Å²) >= 11 is 3.26. The summed E-state index contributed by atoms with van der Waals surface area (Å²) in [7, 11) is 0. The van der Waals surface area contributed by atoms with Crippen LogP contribution in [0, 0.1) is 10.1 Å². The monoisotopic (exact) mass is 395 g/mol. The molecule has 1 aromatic carbocycles. The van der Waals surface area contributed by atoms with Crippen molar-refractivity contribution in [3.8, 4) is 5.88 Å². The van der Waals surface area contributed by atoms with E-state index >= 15 is 0 Å². The highest BCUT2D eigenvalue weighted by atomic mass is 79.9. The van der Waals surface area contributed by atoms with Crippen LogP contribution >= 0.6 is 15.9 Å². The fourth-order valence-electron chi connectivity index (χ4n) is 1.76. The molecule has 0 radical (unpaired) electrons. The molecule has 0 saturated heterocycles. The van der Waals surface area contributed by atoms with E-state index in [1.807, 2.05) is 0 Å². The number of benzene rings is 1. The lowest BCUT2D eigenvalue weighted by Crippen LogP contribution is -2.30. The van der Waals surface area contributed by atoms with Gasteiger partial charge in [0.05, 0.1) is 16.6 Å². The second kappa shape index (κ2) is 7.68. The molecule has 0 atom stereocenters. The van der Waals surface area contributed by atoms with Crippen molar-refractivity contribution in [1.82, 2.24) is 15.4 Å². The van der Waals surface area contributed by atoms with E-state index in [-0.39, 0.29) is 17.8 Å². The molecule has 10 heteroatoms. The zero-order valence-electron chi connectivity index (χ0n) is 12.8. The summed E-state index contributed by atoms with van der Waals surface area (Å²) in [6.07, 6.45) is 0.804. The number of nitrogens with one attached hydrogen (secondary N) is 2. The van der Waals surface area contributed by atoms with Gasteiger partial charge in [-0.3, -0.25) is 25.8 Å². The third kappa shape index (κ3) is 4.16. The molecule has 1 amide bonds. The number of anilines is 1. The Morgan fingerprint density at radius 3 is 2.67 bits per heavy atom. The van der Waals surface area contributed by atoms with Gasteiger partial charge in [0.15, 0.2) is 0 Å². The molecule has 1 aromatic heterocycles. The van der Waals surface area contributed by atoms with Crippen molar-refractivity contribution >= 4 is 33.3 Å². The van der Waals surface area contributed by atoms with Crippen LogP contribution in [0.25, 0.3) is 0 Å². The molecular formula is C14H14BrN5O4. The molecule has 0 aliphatic rings. The summed E-state index contributed by atoms with van der Waals surface area (Å²) in [5, 5.41) is 11.3. The second-order valence-electron chi connectivity index (χ2n) is 4.86. The van der Waals surface area contributed by atoms with Crippen molar-refractivity contribution in [2.45, 2.75) is 20.0 Å². The maximum absolute atomic E-state index is 12.1. The Balaban J connectivity index is 2.22. The normalized spacial score (nSPS) is 10.3. The topological polar surface area (TPSA) is 119 Å². The lowest BCUT2D eigenvalue weighted by molar-refractivity contribution is -0.385. The van der Waals surface area contributed by atoms with Gasteiger partial charge in [0, 0.05) is 4.47 Å². The predicted molar refractivity (Wildman–Crippen MR) is 89.7 cm³/mol. The highest BCUT2D eigenvalue weighted by Gasteiger charge is 2.25. The van der Waals surface area contributed by atoms with Crippen LogP contribution in [0.15, 0.2) is 35.1 Å². The number of nitrogens with zero attached hydrogens (tertiary/aromatic N) is 3. The Kier molecular flexibility index (Phi) is 5.64. The van der Waals surface area contributed by atoms with Gasteiger partial charge in [0.25, 0.3) is 11.8 Å². The molecular weight excluding hydrogens is 382 g/mol. The zero-order valence-corrected chi connectivity index (χ0v) is 14.4. The third-order valence-electron chi connectivity index (χ3n) is 2.73. The van der Waals surface area contributed by atoms with Crippen molar-refractivity contribution in [3.63, 3.8) is 0 Å². The molecule has 1 heterocycles. The Labute approximate surface area is 145 Å². The van der Waals surface area contributed by atoms with Crippen molar-refractivity contribution < 1.29 is 14.5 Å². The van der Waals surface area contributed by atoms with Crippen LogP contribution in [-0.4, -0.2) is 26.9 Å². The SMILES string of the molecule is CC(C)Oc1ncnc(NNC(=O)c2ccccc2Br)c1[N+](=O)[O-]. The quantitative estimate of drug-likeness (QED) is 0.569. The average molecular weight is 396 g/mol. The van der Waals surface area contributed by atoms with E-state index in [1.54, 1.807) is 38.1 Å². The van der Waals surface area contributed by atoms with Gasteiger partial charge in [0.2, 0.25) is 5.82 Å². The van der Waals surface area contributed by atoms with Gasteiger partial charge in [0.1, 0.15) is 6.33 Å². The van der Waals surface area contributed by atoms with Crippen molar-refractivity contribution in [2.75, 3.05) is 5.43 Å². The van der Waals surface area contributed by atoms with Gasteiger partial charge in [-0.25, -0.2) is 4.98 Å². The van der Waals surface area contributed by atoms with Gasteiger partial charge >= 0.3 is 5.69 Å². The van der Waals surface area contributed by atoms with E-state index in [2.05, 4.69) is 36.7 Å². The average Bonchev–Trinajstić information content (AvgIpc) is 2.52. The van der Waals surface area contributed by atoms with Crippen LogP contribution < -0.4 is 15.6 Å². The highest BCUT2D eigenvalue weighted by Crippen LogP contribution is 2.31. The van der Waals surface area contributed by atoms with E-state index in [4.69, 9.17) is 4.74 Å². The molecule has 24 heavy (non-hydrogen) atoms. The fourth-order valence-corrected chi connectivity index (χ4v) is 2.22. The number of halogens is 1. The maximum atomic E-state index is 12.1. The first-order valence-corrected chi connectivity index (χ1v) is 7.66. The summed E-state index contributed by atoms with van der Waals surface area (Å²) in [5.41, 5.74) is 4.71. The summed E-state index contributed by atoms with van der Waals surface area (Å²) < 4.78 is 5.89. The lowest BCUT2D eigenvalue weighted by atomic mass is 10.2. The van der Waals surface area contributed by atoms with E-state index in [0.717, 1.165) is 6.33 Å². The first-order chi connectivity index (χ1) is 11.4. The summed E-state index contributed by atoms with van der Waals surface area (Å²) in [6, 6.07) is 6.76. The molecule has 2 aromatic rings. The standard InChI is InChI=1S/C14H14BrN5O4/c1-8(2)24-14-11(20(22)23)12(16-7-17-14)18-19-13(21)9-5-3-4-6-10(9)15/h3-8H,1-2H3,(H,19,21)(H,16,17,18). The van der Waals surface area contributed by atoms with Gasteiger partial charge in [-0.1, -0.05) is 12.1 Å². The van der Waals surface area contributed by atoms with E-state index in [0.29, 0.717) is 10.0 Å². The Bertz CT molecular complexity index is 769. The van der Waals surface area contributed by atoms with Crippen LogP contribution in [0.1, 0.15) is 24.2 Å². The number of carbonyl (C=O) groups is 1. The number of aromatic nitrogens is 2. The molecule has 2 N–H and O–H groups in total. The number of ether oxygens (including phenoxy) is 1. The van der Waals surface area contributed by atoms with Crippen LogP contribution in [0.4, 0.5) is 11.5 Å². The predicted octanol–water partition coefficient (Wildman–Crippen LogP) is 2.69. The number of amides is 1. The van der Waals surface area contributed by atoms with Crippen molar-refractivity contribution in [2.24, 2.45) is 0 Å². The van der Waals surface area contributed by atoms with Crippen molar-refractivity contribution in [3.05, 3.63) is 50.7 Å². The van der Waals surface area contributed by atoms with Crippen LogP contribution in [0.5, 0.6) is 5.88 Å². The maximum Gasteiger partial charge on any atom is 0.374 e. The fraction of sp³-hybridized carbons (Fsp3) is 0.214. The molecule has 9 nitrogen and oxygen atoms in total. The number of nitro groups is 1. The van der Waals surface area contributed by atoms with Crippen LogP contribution in [0.3, 0.4) is 0 Å². The van der Waals surface area contributed by atoms with Gasteiger partial charge in [-0.15, -0.1) is 0 Å². The smallest absolute Gasteiger partial charge is 0.374 e.